The largest absolute Gasteiger partial charge is 0.495 e. The minimum atomic E-state index is -0.0365. The molecule has 0 aromatic heterocycles. The van der Waals surface area contributed by atoms with Crippen molar-refractivity contribution in [2.75, 3.05) is 24.1 Å². The van der Waals surface area contributed by atoms with Gasteiger partial charge in [0.25, 0.3) is 5.91 Å². The monoisotopic (exact) mass is 309 g/mol. The van der Waals surface area contributed by atoms with Crippen LogP contribution in [0.1, 0.15) is 12.0 Å². The maximum Gasteiger partial charge on any atom is 0.255 e. The fourth-order valence-electron chi connectivity index (χ4n) is 2.54. The van der Waals surface area contributed by atoms with Gasteiger partial charge >= 0.3 is 0 Å². The van der Waals surface area contributed by atoms with E-state index in [1.165, 1.54) is 5.01 Å². The zero-order valence-electron chi connectivity index (χ0n) is 13.5. The lowest BCUT2D eigenvalue weighted by molar-refractivity contribution is -0.116. The van der Waals surface area contributed by atoms with Crippen LogP contribution in [-0.4, -0.2) is 25.9 Å². The van der Waals surface area contributed by atoms with E-state index >= 15 is 0 Å². The second-order valence-electron chi connectivity index (χ2n) is 5.46. The van der Waals surface area contributed by atoms with Gasteiger partial charge in [0.2, 0.25) is 0 Å². The molecule has 1 aliphatic rings. The maximum absolute atomic E-state index is 12.3. The first kappa shape index (κ1) is 15.1. The molecule has 118 valence electrons. The summed E-state index contributed by atoms with van der Waals surface area (Å²) in [6.45, 7) is 2.01. The van der Waals surface area contributed by atoms with Gasteiger partial charge < -0.3 is 9.64 Å². The van der Waals surface area contributed by atoms with Crippen LogP contribution in [-0.2, 0) is 4.79 Å². The third-order valence-corrected chi connectivity index (χ3v) is 3.87. The standard InChI is InChI=1S/C18H19N3O2/c1-13-8-10-14(11-9-13)21-18(22)12-17(19-21)20(2)15-6-4-5-7-16(15)23-3/h4-11H,12H2,1-3H3. The van der Waals surface area contributed by atoms with E-state index in [9.17, 15) is 4.79 Å². The number of amides is 1. The average molecular weight is 309 g/mol. The second-order valence-corrected chi connectivity index (χ2v) is 5.46. The van der Waals surface area contributed by atoms with Crippen LogP contribution >= 0.6 is 0 Å². The van der Waals surface area contributed by atoms with Gasteiger partial charge in [0.1, 0.15) is 11.6 Å². The summed E-state index contributed by atoms with van der Waals surface area (Å²) in [5.74, 6) is 1.41. The van der Waals surface area contributed by atoms with E-state index < -0.39 is 0 Å². The number of hydrazone groups is 1. The molecule has 0 spiro atoms. The summed E-state index contributed by atoms with van der Waals surface area (Å²) in [6, 6.07) is 15.4. The van der Waals surface area contributed by atoms with E-state index in [4.69, 9.17) is 4.74 Å². The van der Waals surface area contributed by atoms with Gasteiger partial charge in [-0.25, -0.2) is 0 Å². The number of para-hydroxylation sites is 2. The van der Waals surface area contributed by atoms with Crippen LogP contribution in [0, 0.1) is 6.92 Å². The first-order valence-corrected chi connectivity index (χ1v) is 7.44. The molecule has 2 aromatic rings. The molecule has 0 fully saturated rings. The molecule has 3 rings (SSSR count). The minimum absolute atomic E-state index is 0.0365. The van der Waals surface area contributed by atoms with Crippen molar-refractivity contribution in [2.24, 2.45) is 5.10 Å². The second kappa shape index (κ2) is 6.12. The van der Waals surface area contributed by atoms with Crippen LogP contribution in [0.25, 0.3) is 0 Å². The predicted octanol–water partition coefficient (Wildman–Crippen LogP) is 3.19. The molecule has 0 aliphatic carbocycles. The molecular formula is C18H19N3O2. The van der Waals surface area contributed by atoms with Crippen molar-refractivity contribution < 1.29 is 9.53 Å². The van der Waals surface area contributed by atoms with Crippen molar-refractivity contribution in [1.29, 1.82) is 0 Å². The van der Waals surface area contributed by atoms with Crippen LogP contribution in [0.4, 0.5) is 11.4 Å². The number of anilines is 2. The lowest BCUT2D eigenvalue weighted by atomic mass is 10.2. The summed E-state index contributed by atoms with van der Waals surface area (Å²) in [5, 5.41) is 5.95. The Kier molecular flexibility index (Phi) is 4.02. The normalized spacial score (nSPS) is 14.0. The summed E-state index contributed by atoms with van der Waals surface area (Å²) in [4.78, 5) is 14.2. The highest BCUT2D eigenvalue weighted by Crippen LogP contribution is 2.29. The Morgan fingerprint density at radius 1 is 1.13 bits per heavy atom. The number of carbonyl (C=O) groups excluding carboxylic acids is 1. The molecule has 5 heteroatoms. The van der Waals surface area contributed by atoms with E-state index in [0.29, 0.717) is 5.84 Å². The number of carbonyl (C=O) groups is 1. The van der Waals surface area contributed by atoms with Gasteiger partial charge in [-0.2, -0.15) is 10.1 Å². The lowest BCUT2D eigenvalue weighted by Crippen LogP contribution is -2.25. The first-order valence-electron chi connectivity index (χ1n) is 7.44. The third kappa shape index (κ3) is 2.90. The zero-order valence-corrected chi connectivity index (χ0v) is 13.5. The highest BCUT2D eigenvalue weighted by Gasteiger charge is 2.28. The van der Waals surface area contributed by atoms with Crippen LogP contribution in [0.3, 0.4) is 0 Å². The number of aryl methyl sites for hydroxylation is 1. The summed E-state index contributed by atoms with van der Waals surface area (Å²) in [6.07, 6.45) is 0.266. The van der Waals surface area contributed by atoms with Crippen LogP contribution < -0.4 is 14.6 Å². The fraction of sp³-hybridized carbons (Fsp3) is 0.222. The number of ether oxygens (including phenoxy) is 1. The SMILES string of the molecule is COc1ccccc1N(C)C1=NN(c2ccc(C)cc2)C(=O)C1. The van der Waals surface area contributed by atoms with Crippen molar-refractivity contribution in [2.45, 2.75) is 13.3 Å². The van der Waals surface area contributed by atoms with E-state index in [1.807, 2.05) is 67.4 Å². The Morgan fingerprint density at radius 2 is 1.83 bits per heavy atom. The summed E-state index contributed by atoms with van der Waals surface area (Å²) >= 11 is 0. The highest BCUT2D eigenvalue weighted by molar-refractivity contribution is 6.17. The molecule has 0 radical (unpaired) electrons. The van der Waals surface area contributed by atoms with Gasteiger partial charge in [-0.05, 0) is 31.2 Å². The molecule has 1 amide bonds. The van der Waals surface area contributed by atoms with E-state index in [1.54, 1.807) is 7.11 Å². The molecule has 1 heterocycles. The number of nitrogens with zero attached hydrogens (tertiary/aromatic N) is 3. The van der Waals surface area contributed by atoms with Gasteiger partial charge in [-0.15, -0.1) is 0 Å². The molecule has 23 heavy (non-hydrogen) atoms. The zero-order chi connectivity index (χ0) is 16.4. The van der Waals surface area contributed by atoms with Crippen molar-refractivity contribution in [1.82, 2.24) is 0 Å². The Balaban J connectivity index is 1.90. The molecule has 0 atom stereocenters. The van der Waals surface area contributed by atoms with Crippen LogP contribution in [0.5, 0.6) is 5.75 Å². The topological polar surface area (TPSA) is 45.1 Å². The molecule has 0 N–H and O–H groups in total. The Hall–Kier alpha value is -2.82. The quantitative estimate of drug-likeness (QED) is 0.874. The molecule has 0 bridgehead atoms. The van der Waals surface area contributed by atoms with Crippen molar-refractivity contribution in [3.05, 3.63) is 54.1 Å². The highest BCUT2D eigenvalue weighted by atomic mass is 16.5. The minimum Gasteiger partial charge on any atom is -0.495 e. The summed E-state index contributed by atoms with van der Waals surface area (Å²) < 4.78 is 5.38. The molecular weight excluding hydrogens is 290 g/mol. The van der Waals surface area contributed by atoms with E-state index in [0.717, 1.165) is 22.7 Å². The smallest absolute Gasteiger partial charge is 0.255 e. The fourth-order valence-corrected chi connectivity index (χ4v) is 2.54. The molecule has 0 saturated carbocycles. The number of rotatable bonds is 3. The van der Waals surface area contributed by atoms with Gasteiger partial charge in [-0.1, -0.05) is 29.8 Å². The summed E-state index contributed by atoms with van der Waals surface area (Å²) in [5.41, 5.74) is 2.81. The molecule has 5 nitrogen and oxygen atoms in total. The number of hydrogen-bond donors (Lipinski definition) is 0. The van der Waals surface area contributed by atoms with E-state index in [-0.39, 0.29) is 12.3 Å². The van der Waals surface area contributed by atoms with Gasteiger partial charge in [0.15, 0.2) is 0 Å². The number of benzene rings is 2. The number of hydrogen-bond acceptors (Lipinski definition) is 4. The summed E-state index contributed by atoms with van der Waals surface area (Å²) in [7, 11) is 3.52. The van der Waals surface area contributed by atoms with Crippen LogP contribution in [0.15, 0.2) is 53.6 Å². The molecule has 0 saturated heterocycles. The van der Waals surface area contributed by atoms with Gasteiger partial charge in [-0.3, -0.25) is 4.79 Å². The molecule has 0 unspecified atom stereocenters. The lowest BCUT2D eigenvalue weighted by Gasteiger charge is -2.20. The third-order valence-electron chi connectivity index (χ3n) is 3.87. The van der Waals surface area contributed by atoms with Crippen molar-refractivity contribution in [3.8, 4) is 5.75 Å². The number of methoxy groups -OCH3 is 1. The average Bonchev–Trinajstić information content (AvgIpc) is 2.96. The first-order chi connectivity index (χ1) is 11.1. The van der Waals surface area contributed by atoms with Gasteiger partial charge in [0, 0.05) is 7.05 Å². The van der Waals surface area contributed by atoms with E-state index in [2.05, 4.69) is 5.10 Å². The predicted molar refractivity (Wildman–Crippen MR) is 92.1 cm³/mol. The van der Waals surface area contributed by atoms with Crippen LogP contribution in [0.2, 0.25) is 0 Å². The van der Waals surface area contributed by atoms with Crippen molar-refractivity contribution in [3.63, 3.8) is 0 Å². The Morgan fingerprint density at radius 3 is 2.52 bits per heavy atom. The van der Waals surface area contributed by atoms with Crippen molar-refractivity contribution >= 4 is 23.1 Å². The van der Waals surface area contributed by atoms with Gasteiger partial charge in [0.05, 0.1) is 24.9 Å². The Labute approximate surface area is 135 Å². The maximum atomic E-state index is 12.3. The molecule has 2 aromatic carbocycles. The Bertz CT molecular complexity index is 753. The molecule has 1 aliphatic heterocycles. The number of amidine groups is 1.